The van der Waals surface area contributed by atoms with Gasteiger partial charge >= 0.3 is 5.97 Å². The molecule has 2 fully saturated rings. The van der Waals surface area contributed by atoms with E-state index in [1.807, 2.05) is 13.8 Å². The molecule has 0 spiro atoms. The Labute approximate surface area is 109 Å². The minimum Gasteiger partial charge on any atom is -0.478 e. The van der Waals surface area contributed by atoms with Crippen molar-refractivity contribution in [2.75, 3.05) is 4.90 Å². The SMILES string of the molecule is CC1(C)C2C(=O)N(c3ncccc3C(=O)O)C(=O)C21. The highest BCUT2D eigenvalue weighted by atomic mass is 16.4. The van der Waals surface area contributed by atoms with Gasteiger partial charge in [-0.1, -0.05) is 13.8 Å². The number of imide groups is 1. The number of piperidine rings is 1. The van der Waals surface area contributed by atoms with E-state index in [2.05, 4.69) is 4.98 Å². The first-order chi connectivity index (χ1) is 8.87. The van der Waals surface area contributed by atoms with E-state index < -0.39 is 5.97 Å². The number of amides is 2. The highest BCUT2D eigenvalue weighted by Gasteiger charge is 2.73. The fourth-order valence-electron chi connectivity index (χ4n) is 2.90. The molecule has 0 bridgehead atoms. The number of hydrogen-bond donors (Lipinski definition) is 1. The van der Waals surface area contributed by atoms with Gasteiger partial charge < -0.3 is 5.11 Å². The molecule has 1 aliphatic carbocycles. The number of anilines is 1. The van der Waals surface area contributed by atoms with E-state index in [0.29, 0.717) is 0 Å². The van der Waals surface area contributed by atoms with Crippen LogP contribution in [0.4, 0.5) is 5.82 Å². The van der Waals surface area contributed by atoms with Crippen molar-refractivity contribution in [2.45, 2.75) is 13.8 Å². The summed E-state index contributed by atoms with van der Waals surface area (Å²) in [5.74, 6) is -2.66. The van der Waals surface area contributed by atoms with Crippen molar-refractivity contribution in [2.24, 2.45) is 17.3 Å². The standard InChI is InChI=1S/C13H12N2O4/c1-13(2)7-8(13)11(17)15(10(7)16)9-6(12(18)19)4-3-5-14-9/h3-5,7-8H,1-2H3,(H,18,19). The van der Waals surface area contributed by atoms with Gasteiger partial charge in [-0.2, -0.15) is 0 Å². The molecule has 1 saturated carbocycles. The predicted octanol–water partition coefficient (Wildman–Crippen LogP) is 0.925. The molecule has 6 nitrogen and oxygen atoms in total. The van der Waals surface area contributed by atoms with Crippen LogP contribution in [-0.4, -0.2) is 27.9 Å². The largest absolute Gasteiger partial charge is 0.478 e. The Bertz CT molecular complexity index is 599. The molecule has 2 aliphatic rings. The Balaban J connectivity index is 2.05. The molecule has 19 heavy (non-hydrogen) atoms. The first-order valence-electron chi connectivity index (χ1n) is 5.93. The van der Waals surface area contributed by atoms with E-state index in [9.17, 15) is 14.4 Å². The van der Waals surface area contributed by atoms with Gasteiger partial charge in [-0.3, -0.25) is 9.59 Å². The maximum Gasteiger partial charge on any atom is 0.339 e. The molecule has 2 amide bonds. The third-order valence-corrected chi connectivity index (χ3v) is 4.03. The van der Waals surface area contributed by atoms with E-state index in [1.165, 1.54) is 18.3 Å². The van der Waals surface area contributed by atoms with Crippen molar-refractivity contribution in [1.82, 2.24) is 4.98 Å². The van der Waals surface area contributed by atoms with Gasteiger partial charge in [0, 0.05) is 6.20 Å². The average Bonchev–Trinajstić information content (AvgIpc) is 2.80. The maximum absolute atomic E-state index is 12.2. The first kappa shape index (κ1) is 11.8. The van der Waals surface area contributed by atoms with Gasteiger partial charge in [-0.15, -0.1) is 0 Å². The number of nitrogens with zero attached hydrogens (tertiary/aromatic N) is 2. The molecule has 2 unspecified atom stereocenters. The highest BCUT2D eigenvalue weighted by Crippen LogP contribution is 2.63. The highest BCUT2D eigenvalue weighted by molar-refractivity contribution is 6.26. The molecule has 0 radical (unpaired) electrons. The number of carbonyl (C=O) groups excluding carboxylic acids is 2. The number of rotatable bonds is 2. The molecule has 1 aliphatic heterocycles. The van der Waals surface area contributed by atoms with Crippen LogP contribution in [0.3, 0.4) is 0 Å². The van der Waals surface area contributed by atoms with E-state index in [0.717, 1.165) is 4.90 Å². The smallest absolute Gasteiger partial charge is 0.339 e. The van der Waals surface area contributed by atoms with Crippen molar-refractivity contribution in [1.29, 1.82) is 0 Å². The molecule has 1 saturated heterocycles. The molecule has 3 rings (SSSR count). The van der Waals surface area contributed by atoms with Crippen LogP contribution in [0, 0.1) is 17.3 Å². The summed E-state index contributed by atoms with van der Waals surface area (Å²) >= 11 is 0. The van der Waals surface area contributed by atoms with E-state index in [4.69, 9.17) is 5.11 Å². The average molecular weight is 260 g/mol. The number of aromatic nitrogens is 1. The lowest BCUT2D eigenvalue weighted by Crippen LogP contribution is -2.37. The molecule has 1 aromatic heterocycles. The zero-order valence-electron chi connectivity index (χ0n) is 10.5. The van der Waals surface area contributed by atoms with Crippen molar-refractivity contribution in [3.05, 3.63) is 23.9 Å². The molecule has 0 aromatic carbocycles. The minimum absolute atomic E-state index is 0.0759. The lowest BCUT2D eigenvalue weighted by atomic mass is 10.1. The molecule has 2 heterocycles. The number of carbonyl (C=O) groups is 3. The fraction of sp³-hybridized carbons (Fsp3) is 0.385. The maximum atomic E-state index is 12.2. The Kier molecular flexibility index (Phi) is 2.12. The summed E-state index contributed by atoms with van der Waals surface area (Å²) in [5, 5.41) is 9.09. The Morgan fingerprint density at radius 1 is 1.32 bits per heavy atom. The second-order valence-corrected chi connectivity index (χ2v) is 5.47. The van der Waals surface area contributed by atoms with Crippen LogP contribution in [-0.2, 0) is 9.59 Å². The summed E-state index contributed by atoms with van der Waals surface area (Å²) in [5.41, 5.74) is -0.452. The monoisotopic (exact) mass is 260 g/mol. The summed E-state index contributed by atoms with van der Waals surface area (Å²) in [4.78, 5) is 40.4. The van der Waals surface area contributed by atoms with Crippen LogP contribution in [0.2, 0.25) is 0 Å². The summed E-state index contributed by atoms with van der Waals surface area (Å²) < 4.78 is 0. The fourth-order valence-corrected chi connectivity index (χ4v) is 2.90. The Morgan fingerprint density at radius 3 is 2.42 bits per heavy atom. The van der Waals surface area contributed by atoms with Crippen LogP contribution >= 0.6 is 0 Å². The number of hydrogen-bond acceptors (Lipinski definition) is 4. The van der Waals surface area contributed by atoms with Crippen molar-refractivity contribution < 1.29 is 19.5 Å². The van der Waals surface area contributed by atoms with Gasteiger partial charge in [-0.25, -0.2) is 14.7 Å². The van der Waals surface area contributed by atoms with E-state index in [-0.39, 0.29) is 40.4 Å². The molecular formula is C13H12N2O4. The number of aromatic carboxylic acids is 1. The molecular weight excluding hydrogens is 248 g/mol. The number of carboxylic acid groups (broad SMARTS) is 1. The second kappa shape index (κ2) is 3.40. The normalized spacial score (nSPS) is 27.4. The van der Waals surface area contributed by atoms with E-state index >= 15 is 0 Å². The Hall–Kier alpha value is -2.24. The quantitative estimate of drug-likeness (QED) is 0.799. The van der Waals surface area contributed by atoms with E-state index in [1.54, 1.807) is 0 Å². The lowest BCUT2D eigenvalue weighted by molar-refractivity contribution is -0.125. The zero-order valence-corrected chi connectivity index (χ0v) is 10.5. The second-order valence-electron chi connectivity index (χ2n) is 5.47. The number of fused-ring (bicyclic) bond motifs is 1. The third-order valence-electron chi connectivity index (χ3n) is 4.03. The van der Waals surface area contributed by atoms with Crippen LogP contribution in [0.25, 0.3) is 0 Å². The van der Waals surface area contributed by atoms with Crippen molar-refractivity contribution in [3.63, 3.8) is 0 Å². The summed E-state index contributed by atoms with van der Waals surface area (Å²) in [7, 11) is 0. The van der Waals surface area contributed by atoms with Crippen LogP contribution in [0.1, 0.15) is 24.2 Å². The third kappa shape index (κ3) is 1.36. The summed E-state index contributed by atoms with van der Waals surface area (Å²) in [6.45, 7) is 3.73. The number of carboxylic acids is 1. The van der Waals surface area contributed by atoms with Gasteiger partial charge in [0.05, 0.1) is 11.8 Å². The minimum atomic E-state index is -1.21. The predicted molar refractivity (Wildman–Crippen MR) is 64.5 cm³/mol. The lowest BCUT2D eigenvalue weighted by Gasteiger charge is -2.20. The van der Waals surface area contributed by atoms with Crippen LogP contribution in [0.5, 0.6) is 0 Å². The van der Waals surface area contributed by atoms with Crippen LogP contribution in [0.15, 0.2) is 18.3 Å². The van der Waals surface area contributed by atoms with Gasteiger partial charge in [0.2, 0.25) is 11.8 Å². The van der Waals surface area contributed by atoms with Crippen molar-refractivity contribution >= 4 is 23.6 Å². The topological polar surface area (TPSA) is 87.6 Å². The van der Waals surface area contributed by atoms with Crippen LogP contribution < -0.4 is 4.90 Å². The summed E-state index contributed by atoms with van der Waals surface area (Å²) in [6, 6.07) is 2.79. The number of pyridine rings is 1. The van der Waals surface area contributed by atoms with Gasteiger partial charge in [0.1, 0.15) is 5.56 Å². The van der Waals surface area contributed by atoms with Gasteiger partial charge in [0.15, 0.2) is 5.82 Å². The Morgan fingerprint density at radius 2 is 1.89 bits per heavy atom. The first-order valence-corrected chi connectivity index (χ1v) is 5.93. The zero-order chi connectivity index (χ0) is 13.9. The molecule has 2 atom stereocenters. The molecule has 1 N–H and O–H groups in total. The molecule has 1 aromatic rings. The molecule has 98 valence electrons. The van der Waals surface area contributed by atoms with Crippen molar-refractivity contribution in [3.8, 4) is 0 Å². The van der Waals surface area contributed by atoms with Gasteiger partial charge in [0.25, 0.3) is 0 Å². The molecule has 6 heteroatoms. The van der Waals surface area contributed by atoms with Gasteiger partial charge in [-0.05, 0) is 17.5 Å². The summed E-state index contributed by atoms with van der Waals surface area (Å²) in [6.07, 6.45) is 1.37.